The van der Waals surface area contributed by atoms with Crippen LogP contribution in [-0.2, 0) is 13.1 Å². The molecule has 1 fully saturated rings. The number of halogens is 1. The molecule has 0 radical (unpaired) electrons. The second kappa shape index (κ2) is 13.3. The van der Waals surface area contributed by atoms with Crippen LogP contribution in [-0.4, -0.2) is 54.2 Å². The summed E-state index contributed by atoms with van der Waals surface area (Å²) in [5, 5.41) is 7.02. The van der Waals surface area contributed by atoms with Gasteiger partial charge >= 0.3 is 0 Å². The van der Waals surface area contributed by atoms with Crippen molar-refractivity contribution in [3.8, 4) is 5.75 Å². The van der Waals surface area contributed by atoms with Crippen LogP contribution in [0.15, 0.2) is 72.2 Å². The van der Waals surface area contributed by atoms with Gasteiger partial charge in [0.15, 0.2) is 5.96 Å². The van der Waals surface area contributed by atoms with Gasteiger partial charge in [-0.05, 0) is 54.8 Å². The summed E-state index contributed by atoms with van der Waals surface area (Å²) in [4.78, 5) is 11.1. The first-order chi connectivity index (χ1) is 16.2. The molecule has 182 valence electrons. The van der Waals surface area contributed by atoms with Crippen LogP contribution in [0.3, 0.4) is 0 Å². The highest BCUT2D eigenvalue weighted by molar-refractivity contribution is 14.0. The van der Waals surface area contributed by atoms with E-state index in [-0.39, 0.29) is 24.0 Å². The van der Waals surface area contributed by atoms with Crippen LogP contribution in [0.4, 0.5) is 0 Å². The molecule has 1 aliphatic rings. The number of methoxy groups -OCH3 is 1. The first kappa shape index (κ1) is 26.0. The highest BCUT2D eigenvalue weighted by Crippen LogP contribution is 2.26. The van der Waals surface area contributed by atoms with E-state index in [2.05, 4.69) is 66.5 Å². The van der Waals surface area contributed by atoms with E-state index in [9.17, 15) is 0 Å². The van der Waals surface area contributed by atoms with Crippen molar-refractivity contribution in [1.29, 1.82) is 0 Å². The molecule has 3 aromatic rings. The second-order valence-corrected chi connectivity index (χ2v) is 8.39. The van der Waals surface area contributed by atoms with Gasteiger partial charge in [0.25, 0.3) is 0 Å². The van der Waals surface area contributed by atoms with E-state index < -0.39 is 0 Å². The van der Waals surface area contributed by atoms with E-state index >= 15 is 0 Å². The monoisotopic (exact) mass is 574 g/mol. The van der Waals surface area contributed by atoms with Crippen molar-refractivity contribution in [2.24, 2.45) is 4.99 Å². The zero-order valence-electron chi connectivity index (χ0n) is 20.0. The van der Waals surface area contributed by atoms with Crippen LogP contribution in [0.25, 0.3) is 0 Å². The Bertz CT molecular complexity index is 1020. The van der Waals surface area contributed by atoms with E-state index in [0.29, 0.717) is 12.6 Å². The lowest BCUT2D eigenvalue weighted by Crippen LogP contribution is -2.42. The third-order valence-electron chi connectivity index (χ3n) is 6.14. The molecular weight excluding hydrogens is 539 g/mol. The zero-order chi connectivity index (χ0) is 22.9. The van der Waals surface area contributed by atoms with Gasteiger partial charge in [0.1, 0.15) is 5.75 Å². The number of rotatable bonds is 9. The topological polar surface area (TPSA) is 66.7 Å². The minimum atomic E-state index is 0. The molecule has 2 heterocycles. The second-order valence-electron chi connectivity index (χ2n) is 8.39. The van der Waals surface area contributed by atoms with Crippen LogP contribution < -0.4 is 15.4 Å². The Morgan fingerprint density at radius 3 is 2.53 bits per heavy atom. The number of guanidine groups is 1. The molecule has 1 atom stereocenters. The average Bonchev–Trinajstić information content (AvgIpc) is 3.57. The molecule has 1 aromatic heterocycles. The normalized spacial score (nSPS) is 14.9. The number of benzene rings is 2. The average molecular weight is 575 g/mol. The van der Waals surface area contributed by atoms with Crippen molar-refractivity contribution < 1.29 is 4.74 Å². The summed E-state index contributed by atoms with van der Waals surface area (Å²) in [5.74, 6) is 1.70. The molecule has 34 heavy (non-hydrogen) atoms. The fourth-order valence-electron chi connectivity index (χ4n) is 4.37. The van der Waals surface area contributed by atoms with E-state index in [4.69, 9.17) is 4.74 Å². The van der Waals surface area contributed by atoms with Crippen LogP contribution in [0, 0.1) is 0 Å². The standard InChI is InChI=1S/C26H34N6O.HI/c1-27-26(29-17-21-6-5-7-22(16-21)19-31-15-12-28-20-31)30-18-25(32-13-3-4-14-32)23-8-10-24(33-2)11-9-23;/h5-12,15-16,20,25H,3-4,13-14,17-19H2,1-2H3,(H2,27,29,30);1H. The number of imidazole rings is 1. The third-order valence-corrected chi connectivity index (χ3v) is 6.14. The molecule has 0 amide bonds. The van der Waals surface area contributed by atoms with Crippen molar-refractivity contribution in [2.75, 3.05) is 33.8 Å². The number of aliphatic imine (C=N–C) groups is 1. The predicted octanol–water partition coefficient (Wildman–Crippen LogP) is 4.06. The fourth-order valence-corrected chi connectivity index (χ4v) is 4.37. The van der Waals surface area contributed by atoms with Gasteiger partial charge in [-0.25, -0.2) is 4.98 Å². The maximum Gasteiger partial charge on any atom is 0.191 e. The van der Waals surface area contributed by atoms with Crippen molar-refractivity contribution >= 4 is 29.9 Å². The molecule has 0 spiro atoms. The summed E-state index contributed by atoms with van der Waals surface area (Å²) >= 11 is 0. The lowest BCUT2D eigenvalue weighted by atomic mass is 10.1. The first-order valence-corrected chi connectivity index (χ1v) is 11.6. The maximum atomic E-state index is 5.34. The van der Waals surface area contributed by atoms with Gasteiger partial charge in [-0.15, -0.1) is 24.0 Å². The molecule has 0 aliphatic carbocycles. The van der Waals surface area contributed by atoms with Crippen LogP contribution in [0.1, 0.15) is 35.6 Å². The SMILES string of the molecule is CN=C(NCc1cccc(Cn2ccnc2)c1)NCC(c1ccc(OC)cc1)N1CCCC1.I. The smallest absolute Gasteiger partial charge is 0.191 e. The number of nitrogens with zero attached hydrogens (tertiary/aromatic N) is 4. The third kappa shape index (κ3) is 7.20. The zero-order valence-corrected chi connectivity index (χ0v) is 22.3. The molecule has 1 unspecified atom stereocenters. The van der Waals surface area contributed by atoms with Crippen molar-refractivity contribution in [3.63, 3.8) is 0 Å². The number of hydrogen-bond donors (Lipinski definition) is 2. The molecule has 1 aliphatic heterocycles. The van der Waals surface area contributed by atoms with E-state index in [1.54, 1.807) is 7.11 Å². The molecule has 4 rings (SSSR count). The molecule has 2 N–H and O–H groups in total. The quantitative estimate of drug-likeness (QED) is 0.229. The number of hydrogen-bond acceptors (Lipinski definition) is 4. The summed E-state index contributed by atoms with van der Waals surface area (Å²) in [6.45, 7) is 4.60. The Balaban J connectivity index is 0.00000324. The van der Waals surface area contributed by atoms with E-state index in [1.165, 1.54) is 29.5 Å². The van der Waals surface area contributed by atoms with Crippen molar-refractivity contribution in [2.45, 2.75) is 32.0 Å². The van der Waals surface area contributed by atoms with Crippen LogP contribution in [0.5, 0.6) is 5.75 Å². The molecule has 0 saturated carbocycles. The van der Waals surface area contributed by atoms with E-state index in [0.717, 1.165) is 37.9 Å². The van der Waals surface area contributed by atoms with Gasteiger partial charge in [0.2, 0.25) is 0 Å². The van der Waals surface area contributed by atoms with Crippen molar-refractivity contribution in [1.82, 2.24) is 25.1 Å². The van der Waals surface area contributed by atoms with Crippen molar-refractivity contribution in [3.05, 3.63) is 83.9 Å². The molecule has 7 nitrogen and oxygen atoms in total. The minimum Gasteiger partial charge on any atom is -0.497 e. The van der Waals surface area contributed by atoms with Gasteiger partial charge < -0.3 is 19.9 Å². The summed E-state index contributed by atoms with van der Waals surface area (Å²) < 4.78 is 7.41. The largest absolute Gasteiger partial charge is 0.497 e. The van der Waals surface area contributed by atoms with Gasteiger partial charge in [-0.2, -0.15) is 0 Å². The highest BCUT2D eigenvalue weighted by atomic mass is 127. The van der Waals surface area contributed by atoms with Gasteiger partial charge in [0.05, 0.1) is 19.5 Å². The molecule has 8 heteroatoms. The lowest BCUT2D eigenvalue weighted by Gasteiger charge is -2.29. The number of ether oxygens (including phenoxy) is 1. The minimum absolute atomic E-state index is 0. The fraction of sp³-hybridized carbons (Fsp3) is 0.385. The Morgan fingerprint density at radius 2 is 1.85 bits per heavy atom. The Hall–Kier alpha value is -2.59. The Labute approximate surface area is 219 Å². The highest BCUT2D eigenvalue weighted by Gasteiger charge is 2.23. The predicted molar refractivity (Wildman–Crippen MR) is 148 cm³/mol. The summed E-state index contributed by atoms with van der Waals surface area (Å²) in [5.41, 5.74) is 3.78. The Morgan fingerprint density at radius 1 is 1.09 bits per heavy atom. The molecular formula is C26H35IN6O. The summed E-state index contributed by atoms with van der Waals surface area (Å²) in [6.07, 6.45) is 8.15. The lowest BCUT2D eigenvalue weighted by molar-refractivity contribution is 0.245. The Kier molecular flexibility index (Phi) is 10.2. The molecule has 1 saturated heterocycles. The maximum absolute atomic E-state index is 5.34. The summed E-state index contributed by atoms with van der Waals surface area (Å²) in [7, 11) is 3.53. The van der Waals surface area contributed by atoms with E-state index in [1.807, 2.05) is 37.9 Å². The van der Waals surface area contributed by atoms with Crippen LogP contribution >= 0.6 is 24.0 Å². The molecule has 0 bridgehead atoms. The number of aromatic nitrogens is 2. The number of likely N-dealkylation sites (tertiary alicyclic amines) is 1. The molecule has 2 aromatic carbocycles. The number of nitrogens with one attached hydrogen (secondary N) is 2. The van der Waals surface area contributed by atoms with Gasteiger partial charge in [-0.1, -0.05) is 36.4 Å². The van der Waals surface area contributed by atoms with Gasteiger partial charge in [0, 0.05) is 39.1 Å². The summed E-state index contributed by atoms with van der Waals surface area (Å²) in [6, 6.07) is 17.3. The van der Waals surface area contributed by atoms with Gasteiger partial charge in [-0.3, -0.25) is 9.89 Å². The first-order valence-electron chi connectivity index (χ1n) is 11.6. The van der Waals surface area contributed by atoms with Crippen LogP contribution in [0.2, 0.25) is 0 Å².